The van der Waals surface area contributed by atoms with Crippen LogP contribution in [0.2, 0.25) is 0 Å². The number of carbonyl (C=O) groups excluding carboxylic acids is 1. The van der Waals surface area contributed by atoms with Crippen molar-refractivity contribution in [2.45, 2.75) is 31.5 Å². The van der Waals surface area contributed by atoms with Crippen LogP contribution in [-0.4, -0.2) is 18.5 Å². The maximum absolute atomic E-state index is 12.5. The molecule has 6 heteroatoms. The van der Waals surface area contributed by atoms with Crippen molar-refractivity contribution in [1.29, 1.82) is 0 Å². The van der Waals surface area contributed by atoms with Gasteiger partial charge in [0.05, 0.1) is 0 Å². The van der Waals surface area contributed by atoms with Crippen LogP contribution in [0.3, 0.4) is 0 Å². The van der Waals surface area contributed by atoms with E-state index in [0.717, 1.165) is 31.4 Å². The molecule has 0 aromatic heterocycles. The summed E-state index contributed by atoms with van der Waals surface area (Å²) in [6, 6.07) is 10.6. The molecule has 1 spiro atoms. The van der Waals surface area contributed by atoms with Crippen LogP contribution < -0.4 is 24.3 Å². The van der Waals surface area contributed by atoms with Crippen LogP contribution in [0.4, 0.5) is 5.69 Å². The lowest BCUT2D eigenvalue weighted by molar-refractivity contribution is -0.0716. The van der Waals surface area contributed by atoms with Gasteiger partial charge in [-0.15, -0.1) is 0 Å². The van der Waals surface area contributed by atoms with E-state index in [1.807, 2.05) is 18.2 Å². The second-order valence-electron chi connectivity index (χ2n) is 6.51. The first-order valence-electron chi connectivity index (χ1n) is 8.44. The number of hydrogen-bond acceptors (Lipinski definition) is 5. The van der Waals surface area contributed by atoms with E-state index in [4.69, 9.17) is 18.9 Å². The number of benzene rings is 2. The molecule has 1 fully saturated rings. The van der Waals surface area contributed by atoms with Gasteiger partial charge in [-0.2, -0.15) is 0 Å². The lowest BCUT2D eigenvalue weighted by Crippen LogP contribution is -2.34. The molecule has 1 amide bonds. The Morgan fingerprint density at radius 2 is 1.64 bits per heavy atom. The van der Waals surface area contributed by atoms with Crippen LogP contribution >= 0.6 is 0 Å². The average molecular weight is 339 g/mol. The zero-order valence-electron chi connectivity index (χ0n) is 13.5. The molecule has 0 bridgehead atoms. The van der Waals surface area contributed by atoms with Gasteiger partial charge in [-0.25, -0.2) is 0 Å². The third-order valence-electron chi connectivity index (χ3n) is 4.79. The van der Waals surface area contributed by atoms with Crippen molar-refractivity contribution >= 4 is 11.6 Å². The lowest BCUT2D eigenvalue weighted by atomic mass is 10.2. The number of carbonyl (C=O) groups is 1. The van der Waals surface area contributed by atoms with Crippen LogP contribution in [0.5, 0.6) is 23.0 Å². The number of rotatable bonds is 2. The molecule has 3 aliphatic rings. The lowest BCUT2D eigenvalue weighted by Gasteiger charge is -2.21. The minimum absolute atomic E-state index is 0.185. The fourth-order valence-corrected chi connectivity index (χ4v) is 3.53. The first-order valence-corrected chi connectivity index (χ1v) is 8.44. The van der Waals surface area contributed by atoms with Crippen molar-refractivity contribution < 1.29 is 23.7 Å². The van der Waals surface area contributed by atoms with E-state index in [2.05, 4.69) is 5.32 Å². The Labute approximate surface area is 144 Å². The van der Waals surface area contributed by atoms with E-state index in [1.165, 1.54) is 0 Å². The third kappa shape index (κ3) is 2.45. The summed E-state index contributed by atoms with van der Waals surface area (Å²) in [4.78, 5) is 12.5. The SMILES string of the molecule is O=C(Nc1ccc2c(c1)OC1(CCCC1)O2)c1ccc2c(c1)OCO2. The Balaban J connectivity index is 1.34. The van der Waals surface area contributed by atoms with E-state index in [-0.39, 0.29) is 12.7 Å². The van der Waals surface area contributed by atoms with E-state index >= 15 is 0 Å². The number of fused-ring (bicyclic) bond motifs is 2. The summed E-state index contributed by atoms with van der Waals surface area (Å²) in [5, 5.41) is 2.89. The summed E-state index contributed by atoms with van der Waals surface area (Å²) in [6.07, 6.45) is 4.03. The highest BCUT2D eigenvalue weighted by Gasteiger charge is 2.44. The monoisotopic (exact) mass is 339 g/mol. The highest BCUT2D eigenvalue weighted by atomic mass is 16.7. The zero-order chi connectivity index (χ0) is 16.9. The van der Waals surface area contributed by atoms with E-state index < -0.39 is 5.79 Å². The molecule has 128 valence electrons. The van der Waals surface area contributed by atoms with Gasteiger partial charge in [-0.05, 0) is 43.2 Å². The van der Waals surface area contributed by atoms with Gasteiger partial charge < -0.3 is 24.3 Å². The van der Waals surface area contributed by atoms with Crippen LogP contribution in [-0.2, 0) is 0 Å². The van der Waals surface area contributed by atoms with Gasteiger partial charge in [0.15, 0.2) is 23.0 Å². The summed E-state index contributed by atoms with van der Waals surface area (Å²) in [6.45, 7) is 0.185. The molecule has 0 radical (unpaired) electrons. The van der Waals surface area contributed by atoms with Crippen molar-refractivity contribution in [2.24, 2.45) is 0 Å². The molecular formula is C19H17NO5. The number of anilines is 1. The minimum atomic E-state index is -0.498. The topological polar surface area (TPSA) is 66.0 Å². The molecule has 2 aliphatic heterocycles. The van der Waals surface area contributed by atoms with Gasteiger partial charge in [-0.3, -0.25) is 4.79 Å². The molecule has 0 saturated heterocycles. The summed E-state index contributed by atoms with van der Waals surface area (Å²) in [7, 11) is 0. The van der Waals surface area contributed by atoms with E-state index in [1.54, 1.807) is 18.2 Å². The van der Waals surface area contributed by atoms with E-state index in [0.29, 0.717) is 28.5 Å². The highest BCUT2D eigenvalue weighted by Crippen LogP contribution is 2.47. The molecule has 0 unspecified atom stereocenters. The average Bonchev–Trinajstić information content (AvgIpc) is 3.33. The number of nitrogens with one attached hydrogen (secondary N) is 1. The Kier molecular flexibility index (Phi) is 3.07. The number of hydrogen-bond donors (Lipinski definition) is 1. The Morgan fingerprint density at radius 1 is 0.880 bits per heavy atom. The summed E-state index contributed by atoms with van der Waals surface area (Å²) in [5.41, 5.74) is 1.18. The summed E-state index contributed by atoms with van der Waals surface area (Å²) in [5.74, 6) is 1.95. The van der Waals surface area contributed by atoms with E-state index in [9.17, 15) is 4.79 Å². The largest absolute Gasteiger partial charge is 0.454 e. The quantitative estimate of drug-likeness (QED) is 0.903. The first-order chi connectivity index (χ1) is 12.2. The van der Waals surface area contributed by atoms with Gasteiger partial charge in [0.25, 0.3) is 11.7 Å². The molecule has 6 nitrogen and oxygen atoms in total. The molecule has 1 aliphatic carbocycles. The number of amides is 1. The molecule has 1 N–H and O–H groups in total. The van der Waals surface area contributed by atoms with Gasteiger partial charge in [0.2, 0.25) is 6.79 Å². The molecule has 25 heavy (non-hydrogen) atoms. The molecule has 2 aromatic carbocycles. The third-order valence-corrected chi connectivity index (χ3v) is 4.79. The predicted molar refractivity (Wildman–Crippen MR) is 89.4 cm³/mol. The fraction of sp³-hybridized carbons (Fsp3) is 0.316. The molecule has 2 aromatic rings. The standard InChI is InChI=1S/C19H17NO5/c21-18(12-3-5-14-16(9-12)23-11-22-14)20-13-4-6-15-17(10-13)25-19(24-15)7-1-2-8-19/h3-6,9-10H,1-2,7-8,11H2,(H,20,21). The Bertz CT molecular complexity index is 857. The van der Waals surface area contributed by atoms with Crippen LogP contribution in [0.1, 0.15) is 36.0 Å². The first kappa shape index (κ1) is 14.5. The van der Waals surface area contributed by atoms with Crippen LogP contribution in [0.25, 0.3) is 0 Å². The van der Waals surface area contributed by atoms with Gasteiger partial charge in [0, 0.05) is 30.2 Å². The van der Waals surface area contributed by atoms with Gasteiger partial charge in [0.1, 0.15) is 0 Å². The van der Waals surface area contributed by atoms with Crippen LogP contribution in [0.15, 0.2) is 36.4 Å². The maximum Gasteiger partial charge on any atom is 0.255 e. The molecule has 2 heterocycles. The Hall–Kier alpha value is -2.89. The van der Waals surface area contributed by atoms with Crippen molar-refractivity contribution in [3.63, 3.8) is 0 Å². The molecule has 5 rings (SSSR count). The Morgan fingerprint density at radius 3 is 2.52 bits per heavy atom. The minimum Gasteiger partial charge on any atom is -0.454 e. The summed E-state index contributed by atoms with van der Waals surface area (Å²) < 4.78 is 22.6. The molecular weight excluding hydrogens is 322 g/mol. The normalized spacial score (nSPS) is 18.6. The number of ether oxygens (including phenoxy) is 4. The van der Waals surface area contributed by atoms with Crippen LogP contribution in [0, 0.1) is 0 Å². The van der Waals surface area contributed by atoms with Gasteiger partial charge in [-0.1, -0.05) is 0 Å². The smallest absolute Gasteiger partial charge is 0.255 e. The molecule has 0 atom stereocenters. The highest BCUT2D eigenvalue weighted by molar-refractivity contribution is 6.04. The predicted octanol–water partition coefficient (Wildman–Crippen LogP) is 3.71. The fourth-order valence-electron chi connectivity index (χ4n) is 3.53. The second-order valence-corrected chi connectivity index (χ2v) is 6.51. The van der Waals surface area contributed by atoms with Crippen molar-refractivity contribution in [2.75, 3.05) is 12.1 Å². The zero-order valence-corrected chi connectivity index (χ0v) is 13.5. The van der Waals surface area contributed by atoms with Crippen molar-refractivity contribution in [1.82, 2.24) is 0 Å². The molecule has 1 saturated carbocycles. The second kappa shape index (κ2) is 5.31. The summed E-state index contributed by atoms with van der Waals surface area (Å²) >= 11 is 0. The van der Waals surface area contributed by atoms with Crippen molar-refractivity contribution in [3.05, 3.63) is 42.0 Å². The van der Waals surface area contributed by atoms with Gasteiger partial charge >= 0.3 is 0 Å². The maximum atomic E-state index is 12.5. The van der Waals surface area contributed by atoms with Crippen molar-refractivity contribution in [3.8, 4) is 23.0 Å².